The number of methoxy groups -OCH3 is 1. The Balaban J connectivity index is 1.86. The third-order valence-electron chi connectivity index (χ3n) is 5.79. The molecule has 4 rings (SSSR count). The molecule has 3 heterocycles. The lowest BCUT2D eigenvalue weighted by molar-refractivity contribution is -0.118. The molecule has 2 aliphatic rings. The number of aromatic nitrogens is 1. The smallest absolute Gasteiger partial charge is 0.411 e. The quantitative estimate of drug-likeness (QED) is 0.477. The Morgan fingerprint density at radius 2 is 1.87 bits per heavy atom. The average Bonchev–Trinajstić information content (AvgIpc) is 2.86. The highest BCUT2D eigenvalue weighted by molar-refractivity contribution is 6.00. The van der Waals surface area contributed by atoms with Crippen LogP contribution in [-0.4, -0.2) is 49.0 Å². The van der Waals surface area contributed by atoms with Crippen LogP contribution in [0.3, 0.4) is 0 Å². The minimum atomic E-state index is -0.682. The zero-order valence-corrected chi connectivity index (χ0v) is 22.0. The maximum atomic E-state index is 13.1. The van der Waals surface area contributed by atoms with E-state index in [1.54, 1.807) is 58.0 Å². The number of anilines is 2. The lowest BCUT2D eigenvalue weighted by Gasteiger charge is -2.26. The molecule has 2 atom stereocenters. The molecule has 1 aromatic carbocycles. The SMILES string of the molecule is COC(=O)Nc1ccc2c(c1)NC(=O)[C@H](C)/C=C/C[C@H](NC(=O)OC(C)(C)C)c1cc-2c2c(n1)OCCO2. The van der Waals surface area contributed by atoms with Gasteiger partial charge in [0.25, 0.3) is 5.88 Å². The highest BCUT2D eigenvalue weighted by Crippen LogP contribution is 2.44. The third-order valence-corrected chi connectivity index (χ3v) is 5.79. The monoisotopic (exact) mass is 524 g/mol. The molecule has 202 valence electrons. The number of carbonyl (C=O) groups is 3. The van der Waals surface area contributed by atoms with Crippen molar-refractivity contribution in [2.75, 3.05) is 31.0 Å². The molecular weight excluding hydrogens is 492 g/mol. The number of pyridine rings is 1. The lowest BCUT2D eigenvalue weighted by atomic mass is 9.97. The molecule has 2 aromatic rings. The van der Waals surface area contributed by atoms with Crippen LogP contribution in [0.25, 0.3) is 11.1 Å². The molecular formula is C27H32N4O7. The molecule has 2 aliphatic heterocycles. The van der Waals surface area contributed by atoms with Gasteiger partial charge in [-0.1, -0.05) is 25.1 Å². The van der Waals surface area contributed by atoms with Gasteiger partial charge in [-0.25, -0.2) is 14.6 Å². The van der Waals surface area contributed by atoms with Gasteiger partial charge in [0.05, 0.1) is 30.5 Å². The topological polar surface area (TPSA) is 137 Å². The van der Waals surface area contributed by atoms with Gasteiger partial charge in [0.1, 0.15) is 18.8 Å². The van der Waals surface area contributed by atoms with Crippen molar-refractivity contribution in [3.63, 3.8) is 0 Å². The fraction of sp³-hybridized carbons (Fsp3) is 0.407. The standard InChI is InChI=1S/C27H32N4O7/c1-15-7-6-8-19(31-26(34)38-27(2,3)4)21-14-18(22-24(30-21)37-12-11-36-22)17-10-9-16(28-25(33)35-5)13-20(17)29-23(15)32/h6-7,9-10,13-15,19H,8,11-12H2,1-5H3,(H,28,33)(H,29,32)(H,31,34)/b7-6+/t15-,19+/m1/s1. The first kappa shape index (κ1) is 26.8. The van der Waals surface area contributed by atoms with Crippen LogP contribution in [-0.2, 0) is 14.3 Å². The Bertz CT molecular complexity index is 1270. The van der Waals surface area contributed by atoms with E-state index in [2.05, 4.69) is 20.9 Å². The summed E-state index contributed by atoms with van der Waals surface area (Å²) >= 11 is 0. The van der Waals surface area contributed by atoms with Crippen LogP contribution in [0, 0.1) is 5.92 Å². The normalized spacial score (nSPS) is 19.4. The number of carbonyl (C=O) groups excluding carboxylic acids is 3. The molecule has 0 spiro atoms. The first-order chi connectivity index (χ1) is 18.0. The number of alkyl carbamates (subject to hydrolysis) is 1. The zero-order valence-electron chi connectivity index (χ0n) is 22.0. The summed E-state index contributed by atoms with van der Waals surface area (Å²) in [4.78, 5) is 42.2. The number of hydrogen-bond donors (Lipinski definition) is 3. The van der Waals surface area contributed by atoms with Crippen LogP contribution in [0.4, 0.5) is 21.0 Å². The molecule has 0 radical (unpaired) electrons. The summed E-state index contributed by atoms with van der Waals surface area (Å²) in [5.74, 6) is -0.0410. The van der Waals surface area contributed by atoms with Gasteiger partial charge in [-0.15, -0.1) is 0 Å². The van der Waals surface area contributed by atoms with E-state index >= 15 is 0 Å². The number of hydrogen-bond acceptors (Lipinski definition) is 8. The number of amides is 3. The van der Waals surface area contributed by atoms with Crippen molar-refractivity contribution in [2.24, 2.45) is 5.92 Å². The summed E-state index contributed by atoms with van der Waals surface area (Å²) in [5, 5.41) is 8.47. The van der Waals surface area contributed by atoms with Crippen molar-refractivity contribution >= 4 is 29.5 Å². The Kier molecular flexibility index (Phi) is 7.75. The molecule has 0 saturated heterocycles. The van der Waals surface area contributed by atoms with E-state index in [9.17, 15) is 14.4 Å². The van der Waals surface area contributed by atoms with Crippen molar-refractivity contribution in [2.45, 2.75) is 45.8 Å². The van der Waals surface area contributed by atoms with Gasteiger partial charge in [-0.2, -0.15) is 0 Å². The lowest BCUT2D eigenvalue weighted by Crippen LogP contribution is -2.35. The number of benzene rings is 1. The number of nitrogens with one attached hydrogen (secondary N) is 3. The fourth-order valence-electron chi connectivity index (χ4n) is 4.01. The average molecular weight is 525 g/mol. The number of ether oxygens (including phenoxy) is 4. The Labute approximate surface area is 220 Å². The molecule has 3 N–H and O–H groups in total. The Morgan fingerprint density at radius 3 is 2.61 bits per heavy atom. The molecule has 38 heavy (non-hydrogen) atoms. The van der Waals surface area contributed by atoms with Crippen LogP contribution < -0.4 is 25.4 Å². The van der Waals surface area contributed by atoms with Crippen LogP contribution in [0.5, 0.6) is 11.6 Å². The summed E-state index contributed by atoms with van der Waals surface area (Å²) in [5.41, 5.74) is 1.94. The van der Waals surface area contributed by atoms with Crippen LogP contribution in [0.1, 0.15) is 45.9 Å². The third kappa shape index (κ3) is 6.34. The van der Waals surface area contributed by atoms with Gasteiger partial charge in [0, 0.05) is 16.8 Å². The van der Waals surface area contributed by atoms with Gasteiger partial charge in [0.15, 0.2) is 5.75 Å². The summed E-state index contributed by atoms with van der Waals surface area (Å²) in [6.45, 7) is 7.76. The van der Waals surface area contributed by atoms with E-state index in [4.69, 9.17) is 18.9 Å². The first-order valence-electron chi connectivity index (χ1n) is 12.3. The van der Waals surface area contributed by atoms with Crippen molar-refractivity contribution in [1.82, 2.24) is 10.3 Å². The molecule has 1 aromatic heterocycles. The van der Waals surface area contributed by atoms with E-state index in [1.807, 2.05) is 6.08 Å². The van der Waals surface area contributed by atoms with Gasteiger partial charge < -0.3 is 29.6 Å². The van der Waals surface area contributed by atoms with Crippen molar-refractivity contribution < 1.29 is 33.3 Å². The van der Waals surface area contributed by atoms with E-state index in [1.165, 1.54) is 7.11 Å². The van der Waals surface area contributed by atoms with Crippen LogP contribution >= 0.6 is 0 Å². The van der Waals surface area contributed by atoms with Crippen LogP contribution in [0.2, 0.25) is 0 Å². The predicted molar refractivity (Wildman–Crippen MR) is 140 cm³/mol. The second-order valence-electron chi connectivity index (χ2n) is 9.94. The summed E-state index contributed by atoms with van der Waals surface area (Å²) < 4.78 is 21.9. The molecule has 11 nitrogen and oxygen atoms in total. The van der Waals surface area contributed by atoms with E-state index in [0.717, 1.165) is 0 Å². The van der Waals surface area contributed by atoms with Crippen LogP contribution in [0.15, 0.2) is 36.4 Å². The van der Waals surface area contributed by atoms with Crippen molar-refractivity contribution in [3.8, 4) is 22.8 Å². The second-order valence-corrected chi connectivity index (χ2v) is 9.94. The van der Waals surface area contributed by atoms with E-state index in [-0.39, 0.29) is 11.8 Å². The maximum Gasteiger partial charge on any atom is 0.411 e. The van der Waals surface area contributed by atoms with E-state index < -0.39 is 29.7 Å². The fourth-order valence-corrected chi connectivity index (χ4v) is 4.01. The Morgan fingerprint density at radius 1 is 1.11 bits per heavy atom. The molecule has 0 saturated carbocycles. The zero-order chi connectivity index (χ0) is 27.4. The molecule has 11 heteroatoms. The van der Waals surface area contributed by atoms with Gasteiger partial charge in [0.2, 0.25) is 5.91 Å². The van der Waals surface area contributed by atoms with Crippen molar-refractivity contribution in [3.05, 3.63) is 42.1 Å². The summed E-state index contributed by atoms with van der Waals surface area (Å²) in [7, 11) is 1.27. The maximum absolute atomic E-state index is 13.1. The first-order valence-corrected chi connectivity index (χ1v) is 12.3. The highest BCUT2D eigenvalue weighted by atomic mass is 16.6. The molecule has 2 bridgehead atoms. The molecule has 0 aliphatic carbocycles. The van der Waals surface area contributed by atoms with Gasteiger partial charge in [-0.05, 0) is 45.4 Å². The van der Waals surface area contributed by atoms with Gasteiger partial charge >= 0.3 is 12.2 Å². The van der Waals surface area contributed by atoms with Gasteiger partial charge in [-0.3, -0.25) is 10.1 Å². The number of nitrogens with zero attached hydrogens (tertiary/aromatic N) is 1. The van der Waals surface area contributed by atoms with E-state index in [0.29, 0.717) is 53.6 Å². The Hall–Kier alpha value is -4.28. The number of rotatable bonds is 2. The molecule has 3 amide bonds. The molecule has 0 fully saturated rings. The number of fused-ring (bicyclic) bond motifs is 6. The largest absolute Gasteiger partial charge is 0.484 e. The predicted octanol–water partition coefficient (Wildman–Crippen LogP) is 4.80. The van der Waals surface area contributed by atoms with Crippen molar-refractivity contribution in [1.29, 1.82) is 0 Å². The highest BCUT2D eigenvalue weighted by Gasteiger charge is 2.28. The minimum Gasteiger partial charge on any atom is -0.484 e. The second kappa shape index (κ2) is 11.0. The molecule has 0 unspecified atom stereocenters. The minimum absolute atomic E-state index is 0.254. The summed E-state index contributed by atoms with van der Waals surface area (Å²) in [6.07, 6.45) is 2.71. The summed E-state index contributed by atoms with van der Waals surface area (Å²) in [6, 6.07) is 6.30.